The van der Waals surface area contributed by atoms with Crippen LogP contribution in [-0.2, 0) is 9.53 Å². The van der Waals surface area contributed by atoms with Crippen molar-refractivity contribution in [3.05, 3.63) is 35.9 Å². The third kappa shape index (κ3) is 3.47. The summed E-state index contributed by atoms with van der Waals surface area (Å²) in [6.07, 6.45) is 3.41. The van der Waals surface area contributed by atoms with E-state index in [1.54, 1.807) is 0 Å². The van der Waals surface area contributed by atoms with Crippen molar-refractivity contribution in [3.8, 4) is 0 Å². The third-order valence-electron chi connectivity index (χ3n) is 3.36. The van der Waals surface area contributed by atoms with Gasteiger partial charge in [0.05, 0.1) is 13.0 Å². The summed E-state index contributed by atoms with van der Waals surface area (Å²) in [7, 11) is 1.46. The molecular weight excluding hydrogens is 250 g/mol. The molecule has 4 heteroatoms. The lowest BCUT2D eigenvalue weighted by Crippen LogP contribution is -3.00. The van der Waals surface area contributed by atoms with Gasteiger partial charge in [0.15, 0.2) is 0 Å². The zero-order chi connectivity index (χ0) is 12.1. The summed E-state index contributed by atoms with van der Waals surface area (Å²) in [5.74, 6) is -0.322. The van der Waals surface area contributed by atoms with Crippen molar-refractivity contribution in [1.29, 1.82) is 0 Å². The second kappa shape index (κ2) is 7.39. The first kappa shape index (κ1) is 15.0. The van der Waals surface area contributed by atoms with Crippen LogP contribution < -0.4 is 17.7 Å². The van der Waals surface area contributed by atoms with E-state index < -0.39 is 0 Å². The highest BCUT2D eigenvalue weighted by Gasteiger charge is 2.31. The SMILES string of the molecule is COC(=O)[C@H](c1ccccc1)[C@H]1CCCCN1.[Cl-].[H+]. The average molecular weight is 270 g/mol. The Bertz CT molecular complexity index is 369. The van der Waals surface area contributed by atoms with E-state index in [0.717, 1.165) is 18.5 Å². The van der Waals surface area contributed by atoms with Crippen LogP contribution in [0.15, 0.2) is 30.3 Å². The van der Waals surface area contributed by atoms with Crippen LogP contribution in [0.5, 0.6) is 0 Å². The molecule has 0 amide bonds. The first-order valence-electron chi connectivity index (χ1n) is 6.19. The maximum absolute atomic E-state index is 11.9. The molecule has 0 bridgehead atoms. The van der Waals surface area contributed by atoms with Crippen molar-refractivity contribution in [3.63, 3.8) is 0 Å². The highest BCUT2D eigenvalue weighted by atomic mass is 35.5. The van der Waals surface area contributed by atoms with E-state index in [4.69, 9.17) is 4.74 Å². The highest BCUT2D eigenvalue weighted by Crippen LogP contribution is 2.26. The summed E-state index contributed by atoms with van der Waals surface area (Å²) < 4.78 is 4.94. The molecule has 18 heavy (non-hydrogen) atoms. The quantitative estimate of drug-likeness (QED) is 0.731. The van der Waals surface area contributed by atoms with E-state index in [2.05, 4.69) is 5.32 Å². The Morgan fingerprint density at radius 2 is 2.11 bits per heavy atom. The van der Waals surface area contributed by atoms with Gasteiger partial charge in [-0.25, -0.2) is 0 Å². The fourth-order valence-electron chi connectivity index (χ4n) is 2.48. The molecule has 1 fully saturated rings. The number of hydrogen-bond donors (Lipinski definition) is 1. The first-order valence-corrected chi connectivity index (χ1v) is 6.19. The largest absolute Gasteiger partial charge is 1.00 e. The van der Waals surface area contributed by atoms with Crippen LogP contribution >= 0.6 is 0 Å². The molecule has 2 rings (SSSR count). The van der Waals surface area contributed by atoms with Crippen molar-refractivity contribution >= 4 is 5.97 Å². The number of hydrogen-bond acceptors (Lipinski definition) is 3. The predicted molar refractivity (Wildman–Crippen MR) is 68.0 cm³/mol. The number of nitrogens with one attached hydrogen (secondary N) is 1. The minimum absolute atomic E-state index is 0. The van der Waals surface area contributed by atoms with Gasteiger partial charge in [0.1, 0.15) is 0 Å². The van der Waals surface area contributed by atoms with E-state index in [9.17, 15) is 4.79 Å². The third-order valence-corrected chi connectivity index (χ3v) is 3.36. The molecule has 1 aromatic rings. The second-order valence-corrected chi connectivity index (χ2v) is 4.47. The topological polar surface area (TPSA) is 38.3 Å². The summed E-state index contributed by atoms with van der Waals surface area (Å²) >= 11 is 0. The molecule has 0 aromatic heterocycles. The molecule has 0 saturated carbocycles. The number of esters is 1. The normalized spacial score (nSPS) is 20.6. The molecule has 1 saturated heterocycles. The molecule has 1 aromatic carbocycles. The molecule has 0 aliphatic carbocycles. The van der Waals surface area contributed by atoms with Gasteiger partial charge in [-0.3, -0.25) is 4.79 Å². The Kier molecular flexibility index (Phi) is 6.16. The van der Waals surface area contributed by atoms with Crippen LogP contribution in [0.25, 0.3) is 0 Å². The minimum atomic E-state index is -0.179. The number of piperidine rings is 1. The molecule has 1 N–H and O–H groups in total. The van der Waals surface area contributed by atoms with Crippen molar-refractivity contribution in [1.82, 2.24) is 5.32 Å². The van der Waals surface area contributed by atoms with Gasteiger partial charge in [-0.2, -0.15) is 0 Å². The van der Waals surface area contributed by atoms with E-state index >= 15 is 0 Å². The van der Waals surface area contributed by atoms with E-state index in [1.807, 2.05) is 30.3 Å². The van der Waals surface area contributed by atoms with Gasteiger partial charge < -0.3 is 22.5 Å². The average Bonchev–Trinajstić information content (AvgIpc) is 2.41. The number of rotatable bonds is 3. The van der Waals surface area contributed by atoms with E-state index in [0.29, 0.717) is 0 Å². The zero-order valence-corrected chi connectivity index (χ0v) is 11.3. The van der Waals surface area contributed by atoms with Crippen LogP contribution in [0, 0.1) is 0 Å². The summed E-state index contributed by atoms with van der Waals surface area (Å²) in [6.45, 7) is 0.991. The fourth-order valence-corrected chi connectivity index (χ4v) is 2.48. The van der Waals surface area contributed by atoms with Crippen LogP contribution in [-0.4, -0.2) is 25.7 Å². The number of halogens is 1. The molecule has 2 atom stereocenters. The molecular formula is C14H20ClNO2. The van der Waals surface area contributed by atoms with Gasteiger partial charge in [0, 0.05) is 6.04 Å². The number of methoxy groups -OCH3 is 1. The molecule has 0 spiro atoms. The second-order valence-electron chi connectivity index (χ2n) is 4.47. The first-order chi connectivity index (χ1) is 8.33. The zero-order valence-electron chi connectivity index (χ0n) is 11.6. The summed E-state index contributed by atoms with van der Waals surface area (Å²) in [4.78, 5) is 11.9. The van der Waals surface area contributed by atoms with Crippen LogP contribution in [0.2, 0.25) is 0 Å². The number of carbonyl (C=O) groups is 1. The van der Waals surface area contributed by atoms with Crippen LogP contribution in [0.1, 0.15) is 32.2 Å². The minimum Gasteiger partial charge on any atom is -1.00 e. The number of benzene rings is 1. The fraction of sp³-hybridized carbons (Fsp3) is 0.500. The summed E-state index contributed by atoms with van der Waals surface area (Å²) in [5, 5.41) is 3.43. The van der Waals surface area contributed by atoms with Crippen LogP contribution in [0.4, 0.5) is 0 Å². The van der Waals surface area contributed by atoms with Gasteiger partial charge in [0.25, 0.3) is 0 Å². The van der Waals surface area contributed by atoms with Crippen LogP contribution in [0.3, 0.4) is 0 Å². The van der Waals surface area contributed by atoms with E-state index in [1.165, 1.54) is 20.0 Å². The number of ether oxygens (including phenoxy) is 1. The summed E-state index contributed by atoms with van der Waals surface area (Å²) in [5.41, 5.74) is 1.04. The van der Waals surface area contributed by atoms with E-state index in [-0.39, 0.29) is 31.8 Å². The van der Waals surface area contributed by atoms with Gasteiger partial charge in [-0.15, -0.1) is 0 Å². The predicted octanol–water partition coefficient (Wildman–Crippen LogP) is -0.798. The molecule has 3 nitrogen and oxygen atoms in total. The molecule has 1 heterocycles. The lowest BCUT2D eigenvalue weighted by atomic mass is 9.86. The van der Waals surface area contributed by atoms with Gasteiger partial charge in [-0.05, 0) is 24.9 Å². The molecule has 1 aliphatic heterocycles. The lowest BCUT2D eigenvalue weighted by molar-refractivity contribution is -0.143. The lowest BCUT2D eigenvalue weighted by Gasteiger charge is -2.29. The molecule has 0 radical (unpaired) electrons. The van der Waals surface area contributed by atoms with Crippen molar-refractivity contribution in [2.75, 3.05) is 13.7 Å². The van der Waals surface area contributed by atoms with Crippen molar-refractivity contribution in [2.24, 2.45) is 0 Å². The van der Waals surface area contributed by atoms with Crippen molar-refractivity contribution in [2.45, 2.75) is 31.2 Å². The molecule has 1 aliphatic rings. The summed E-state index contributed by atoms with van der Waals surface area (Å²) in [6, 6.07) is 10.1. The number of carbonyl (C=O) groups excluding carboxylic acids is 1. The maximum atomic E-state index is 11.9. The van der Waals surface area contributed by atoms with Gasteiger partial charge in [-0.1, -0.05) is 36.8 Å². The smallest absolute Gasteiger partial charge is 1.00 e. The molecule has 0 unspecified atom stereocenters. The van der Waals surface area contributed by atoms with Gasteiger partial charge >= 0.3 is 7.40 Å². The Morgan fingerprint density at radius 1 is 1.39 bits per heavy atom. The maximum Gasteiger partial charge on any atom is 1.00 e. The Morgan fingerprint density at radius 3 is 2.67 bits per heavy atom. The Balaban J connectivity index is 0.00000162. The Labute approximate surface area is 116 Å². The monoisotopic (exact) mass is 269 g/mol. The van der Waals surface area contributed by atoms with Crippen molar-refractivity contribution < 1.29 is 23.4 Å². The Hall–Kier alpha value is -1.06. The highest BCUT2D eigenvalue weighted by molar-refractivity contribution is 5.79. The molecule has 100 valence electrons. The standard InChI is InChI=1S/C14H19NO2.ClH/c1-17-14(16)13(11-7-3-2-4-8-11)12-9-5-6-10-15-12;/h2-4,7-8,12-13,15H,5-6,9-10H2,1H3;1H/t12-,13-;/m1./s1. The van der Waals surface area contributed by atoms with Gasteiger partial charge in [0.2, 0.25) is 0 Å².